The van der Waals surface area contributed by atoms with Crippen LogP contribution in [0.4, 0.5) is 0 Å². The molecule has 0 spiro atoms. The molecule has 1 fully saturated rings. The van der Waals surface area contributed by atoms with E-state index in [2.05, 4.69) is 6.92 Å². The Morgan fingerprint density at radius 3 is 2.83 bits per heavy atom. The van der Waals surface area contributed by atoms with Crippen molar-refractivity contribution in [1.29, 1.82) is 0 Å². The third kappa shape index (κ3) is 2.30. The summed E-state index contributed by atoms with van der Waals surface area (Å²) in [6.07, 6.45) is 6.55. The van der Waals surface area contributed by atoms with Crippen LogP contribution >= 0.6 is 0 Å². The maximum atomic E-state index is 12.2. The average Bonchev–Trinajstić information content (AvgIpc) is 3.10. The number of carbonyl (C=O) groups excluding carboxylic acids is 2. The monoisotopic (exact) mass is 316 g/mol. The van der Waals surface area contributed by atoms with Crippen molar-refractivity contribution in [1.82, 2.24) is 0 Å². The minimum Gasteiger partial charge on any atom is -0.458 e. The summed E-state index contributed by atoms with van der Waals surface area (Å²) in [5.74, 6) is -0.153. The number of esters is 2. The summed E-state index contributed by atoms with van der Waals surface area (Å²) < 4.78 is 16.1. The first-order chi connectivity index (χ1) is 11.0. The highest BCUT2D eigenvalue weighted by molar-refractivity contribution is 5.92. The maximum Gasteiger partial charge on any atom is 0.338 e. The smallest absolute Gasteiger partial charge is 0.338 e. The number of fused-ring (bicyclic) bond motifs is 2. The number of hydrogen-bond acceptors (Lipinski definition) is 5. The van der Waals surface area contributed by atoms with Crippen molar-refractivity contribution in [3.63, 3.8) is 0 Å². The molecule has 5 heteroatoms. The van der Waals surface area contributed by atoms with E-state index >= 15 is 0 Å². The highest BCUT2D eigenvalue weighted by Crippen LogP contribution is 2.50. The van der Waals surface area contributed by atoms with Crippen LogP contribution in [0.15, 0.2) is 34.6 Å². The summed E-state index contributed by atoms with van der Waals surface area (Å²) in [5, 5.41) is 0. The van der Waals surface area contributed by atoms with Gasteiger partial charge in [0.1, 0.15) is 6.10 Å². The Kier molecular flexibility index (Phi) is 3.32. The molecule has 0 unspecified atom stereocenters. The first-order valence-electron chi connectivity index (χ1n) is 8.22. The van der Waals surface area contributed by atoms with Gasteiger partial charge in [-0.15, -0.1) is 0 Å². The van der Waals surface area contributed by atoms with E-state index in [1.54, 1.807) is 13.0 Å². The van der Waals surface area contributed by atoms with Crippen molar-refractivity contribution >= 4 is 11.9 Å². The van der Waals surface area contributed by atoms with Crippen LogP contribution in [-0.2, 0) is 23.8 Å². The molecule has 2 aliphatic carbocycles. The Hall–Kier alpha value is -2.04. The fraction of sp³-hybridized carbons (Fsp3) is 0.556. The fourth-order valence-corrected chi connectivity index (χ4v) is 4.16. The van der Waals surface area contributed by atoms with Gasteiger partial charge in [0.25, 0.3) is 6.29 Å². The van der Waals surface area contributed by atoms with Gasteiger partial charge in [-0.1, -0.05) is 12.5 Å². The number of rotatable bonds is 2. The van der Waals surface area contributed by atoms with Crippen molar-refractivity contribution in [3.8, 4) is 0 Å². The molecule has 0 amide bonds. The molecule has 0 aromatic carbocycles. The molecule has 1 saturated heterocycles. The zero-order valence-corrected chi connectivity index (χ0v) is 13.3. The molecule has 0 aromatic rings. The predicted molar refractivity (Wildman–Crippen MR) is 80.8 cm³/mol. The minimum atomic E-state index is -0.746. The lowest BCUT2D eigenvalue weighted by Crippen LogP contribution is -2.19. The van der Waals surface area contributed by atoms with Crippen LogP contribution < -0.4 is 0 Å². The summed E-state index contributed by atoms with van der Waals surface area (Å²) in [5.41, 5.74) is 3.87. The van der Waals surface area contributed by atoms with E-state index < -0.39 is 6.29 Å². The quantitative estimate of drug-likeness (QED) is 0.339. The number of carbonyl (C=O) groups is 2. The molecule has 4 atom stereocenters. The van der Waals surface area contributed by atoms with Gasteiger partial charge in [-0.25, -0.2) is 9.59 Å². The second-order valence-electron chi connectivity index (χ2n) is 6.82. The van der Waals surface area contributed by atoms with Gasteiger partial charge < -0.3 is 14.2 Å². The Labute approximate surface area is 135 Å². The average molecular weight is 316 g/mol. The largest absolute Gasteiger partial charge is 0.458 e. The summed E-state index contributed by atoms with van der Waals surface area (Å²) >= 11 is 0. The standard InChI is InChI=1S/C18H20O5/c1-9-4-3-5-11-7-12-13(18(20)23-16(12)15(9)11)8-21-14-6-10(2)17(19)22-14/h6,8-9,12,14,16H,3-5,7H2,1-2H3/b13-8+/t9-,12+,14-,16-/m1/s1. The van der Waals surface area contributed by atoms with E-state index in [-0.39, 0.29) is 24.0 Å². The number of hydrogen-bond donors (Lipinski definition) is 0. The predicted octanol–water partition coefficient (Wildman–Crippen LogP) is 2.78. The van der Waals surface area contributed by atoms with E-state index in [0.29, 0.717) is 17.1 Å². The van der Waals surface area contributed by atoms with Crippen LogP contribution in [0.1, 0.15) is 39.5 Å². The Morgan fingerprint density at radius 2 is 2.09 bits per heavy atom. The van der Waals surface area contributed by atoms with Gasteiger partial charge >= 0.3 is 11.9 Å². The molecule has 2 aliphatic heterocycles. The van der Waals surface area contributed by atoms with Crippen LogP contribution in [0.25, 0.3) is 0 Å². The van der Waals surface area contributed by atoms with E-state index in [0.717, 1.165) is 19.3 Å². The first-order valence-corrected chi connectivity index (χ1v) is 8.22. The van der Waals surface area contributed by atoms with Gasteiger partial charge in [-0.3, -0.25) is 0 Å². The van der Waals surface area contributed by atoms with E-state index in [1.165, 1.54) is 23.8 Å². The normalized spacial score (nSPS) is 37.5. The molecule has 0 aromatic heterocycles. The molecule has 4 rings (SSSR count). The van der Waals surface area contributed by atoms with Crippen molar-refractivity contribution < 1.29 is 23.8 Å². The molecule has 5 nitrogen and oxygen atoms in total. The molecule has 0 saturated carbocycles. The minimum absolute atomic E-state index is 0.0511. The van der Waals surface area contributed by atoms with Gasteiger partial charge in [0.05, 0.1) is 11.8 Å². The van der Waals surface area contributed by atoms with Crippen molar-refractivity contribution in [3.05, 3.63) is 34.6 Å². The van der Waals surface area contributed by atoms with E-state index in [4.69, 9.17) is 14.2 Å². The molecule has 0 radical (unpaired) electrons. The molecule has 23 heavy (non-hydrogen) atoms. The second kappa shape index (κ2) is 5.25. The van der Waals surface area contributed by atoms with Crippen molar-refractivity contribution in [2.45, 2.75) is 51.9 Å². The molecule has 0 N–H and O–H groups in total. The Bertz CT molecular complexity index is 669. The lowest BCUT2D eigenvalue weighted by Gasteiger charge is -2.24. The Balaban J connectivity index is 1.52. The van der Waals surface area contributed by atoms with Crippen LogP contribution in [0, 0.1) is 11.8 Å². The maximum absolute atomic E-state index is 12.2. The lowest BCUT2D eigenvalue weighted by atomic mass is 9.84. The molecule has 0 bridgehead atoms. The topological polar surface area (TPSA) is 61.8 Å². The SMILES string of the molecule is CC1=C[C@H](O/C=C2/C(=O)O[C@H]3C4=C(CCC[C@H]4C)C[C@@H]23)OC1=O. The lowest BCUT2D eigenvalue weighted by molar-refractivity contribution is -0.152. The molecular weight excluding hydrogens is 296 g/mol. The highest BCUT2D eigenvalue weighted by Gasteiger charge is 2.49. The van der Waals surface area contributed by atoms with Crippen LogP contribution in [0.2, 0.25) is 0 Å². The highest BCUT2D eigenvalue weighted by atomic mass is 16.7. The van der Waals surface area contributed by atoms with E-state index in [9.17, 15) is 9.59 Å². The summed E-state index contributed by atoms with van der Waals surface area (Å²) in [6, 6.07) is 0. The zero-order valence-electron chi connectivity index (χ0n) is 13.3. The molecule has 2 heterocycles. The molecule has 4 aliphatic rings. The molecular formula is C18H20O5. The zero-order chi connectivity index (χ0) is 16.1. The number of allylic oxidation sites excluding steroid dienone is 1. The number of cyclic esters (lactones) is 1. The van der Waals surface area contributed by atoms with Crippen molar-refractivity contribution in [2.24, 2.45) is 11.8 Å². The number of ether oxygens (including phenoxy) is 3. The summed E-state index contributed by atoms with van der Waals surface area (Å²) in [4.78, 5) is 23.5. The van der Waals surface area contributed by atoms with Gasteiger partial charge in [-0.05, 0) is 44.1 Å². The van der Waals surface area contributed by atoms with Crippen LogP contribution in [0.5, 0.6) is 0 Å². The third-order valence-corrected chi connectivity index (χ3v) is 5.32. The second-order valence-corrected chi connectivity index (χ2v) is 6.82. The Morgan fingerprint density at radius 1 is 1.26 bits per heavy atom. The van der Waals surface area contributed by atoms with Crippen LogP contribution in [0.3, 0.4) is 0 Å². The fourth-order valence-electron chi connectivity index (χ4n) is 4.16. The summed E-state index contributed by atoms with van der Waals surface area (Å²) in [6.45, 7) is 3.89. The third-order valence-electron chi connectivity index (χ3n) is 5.32. The first kappa shape index (κ1) is 14.5. The van der Waals surface area contributed by atoms with Gasteiger partial charge in [0.15, 0.2) is 0 Å². The summed E-state index contributed by atoms with van der Waals surface area (Å²) in [7, 11) is 0. The van der Waals surface area contributed by atoms with Gasteiger partial charge in [0, 0.05) is 17.6 Å². The van der Waals surface area contributed by atoms with Crippen LogP contribution in [-0.4, -0.2) is 24.3 Å². The van der Waals surface area contributed by atoms with Crippen molar-refractivity contribution in [2.75, 3.05) is 0 Å². The molecule has 122 valence electrons. The van der Waals surface area contributed by atoms with Gasteiger partial charge in [0.2, 0.25) is 0 Å². The van der Waals surface area contributed by atoms with E-state index in [1.807, 2.05) is 0 Å². The van der Waals surface area contributed by atoms with Gasteiger partial charge in [-0.2, -0.15) is 0 Å².